The van der Waals surface area contributed by atoms with E-state index in [1.54, 1.807) is 12.1 Å². The van der Waals surface area contributed by atoms with Crippen molar-refractivity contribution in [2.24, 2.45) is 0 Å². The highest BCUT2D eigenvalue weighted by atomic mass is 19.1. The van der Waals surface area contributed by atoms with E-state index in [-0.39, 0.29) is 23.5 Å². The number of nitrogens with zero attached hydrogens (tertiary/aromatic N) is 3. The minimum absolute atomic E-state index is 0.0128. The van der Waals surface area contributed by atoms with Gasteiger partial charge in [-0.15, -0.1) is 0 Å². The number of fused-ring (bicyclic) bond motifs is 1. The molecule has 1 saturated heterocycles. The van der Waals surface area contributed by atoms with E-state index in [4.69, 9.17) is 9.47 Å². The van der Waals surface area contributed by atoms with Crippen molar-refractivity contribution >= 4 is 17.0 Å². The highest BCUT2D eigenvalue weighted by Crippen LogP contribution is 2.34. The van der Waals surface area contributed by atoms with Crippen LogP contribution in [0.2, 0.25) is 0 Å². The molecule has 152 valence electrons. The second kappa shape index (κ2) is 7.79. The first-order valence-corrected chi connectivity index (χ1v) is 9.61. The number of ether oxygens (including phenoxy) is 2. The number of aromatic nitrogens is 3. The van der Waals surface area contributed by atoms with E-state index < -0.39 is 5.97 Å². The van der Waals surface area contributed by atoms with Gasteiger partial charge in [-0.25, -0.2) is 18.9 Å². The largest absolute Gasteiger partial charge is 0.490 e. The Morgan fingerprint density at radius 2 is 2.14 bits per heavy atom. The van der Waals surface area contributed by atoms with Crippen molar-refractivity contribution in [3.05, 3.63) is 47.5 Å². The number of hydrogen-bond donors (Lipinski definition) is 1. The minimum Gasteiger partial charge on any atom is -0.490 e. The standard InChI is InChI=1S/C21H22FN3O4/c1-12(2)19-18-17(29-11-15-4-3-9-28-15)10-16(21(26)27)23-20(18)25(24-19)14-7-5-13(22)6-8-14/h5-8,10,12,15H,3-4,9,11H2,1-2H3,(H,26,27). The molecule has 0 radical (unpaired) electrons. The summed E-state index contributed by atoms with van der Waals surface area (Å²) in [4.78, 5) is 16.0. The summed E-state index contributed by atoms with van der Waals surface area (Å²) < 4.78 is 26.5. The van der Waals surface area contributed by atoms with Crippen molar-refractivity contribution in [2.75, 3.05) is 13.2 Å². The molecule has 3 heterocycles. The predicted molar refractivity (Wildman–Crippen MR) is 104 cm³/mol. The summed E-state index contributed by atoms with van der Waals surface area (Å²) in [5, 5.41) is 14.9. The van der Waals surface area contributed by atoms with Crippen LogP contribution in [0.5, 0.6) is 5.75 Å². The van der Waals surface area contributed by atoms with Crippen LogP contribution in [-0.2, 0) is 4.74 Å². The third kappa shape index (κ3) is 3.80. The van der Waals surface area contributed by atoms with Gasteiger partial charge in [0.1, 0.15) is 18.2 Å². The number of halogens is 1. The van der Waals surface area contributed by atoms with Gasteiger partial charge in [0, 0.05) is 12.7 Å². The zero-order valence-corrected chi connectivity index (χ0v) is 16.3. The maximum Gasteiger partial charge on any atom is 0.354 e. The van der Waals surface area contributed by atoms with Gasteiger partial charge in [0.25, 0.3) is 0 Å². The van der Waals surface area contributed by atoms with E-state index in [1.165, 1.54) is 22.9 Å². The average Bonchev–Trinajstić information content (AvgIpc) is 3.34. The summed E-state index contributed by atoms with van der Waals surface area (Å²) in [6, 6.07) is 7.24. The summed E-state index contributed by atoms with van der Waals surface area (Å²) in [6.07, 6.45) is 1.88. The van der Waals surface area contributed by atoms with Gasteiger partial charge < -0.3 is 14.6 Å². The van der Waals surface area contributed by atoms with Crippen molar-refractivity contribution < 1.29 is 23.8 Å². The van der Waals surface area contributed by atoms with Gasteiger partial charge in [-0.1, -0.05) is 13.8 Å². The highest BCUT2D eigenvalue weighted by molar-refractivity contribution is 5.94. The van der Waals surface area contributed by atoms with Crippen LogP contribution < -0.4 is 4.74 Å². The van der Waals surface area contributed by atoms with Crippen molar-refractivity contribution in [1.82, 2.24) is 14.8 Å². The zero-order chi connectivity index (χ0) is 20.5. The summed E-state index contributed by atoms with van der Waals surface area (Å²) >= 11 is 0. The monoisotopic (exact) mass is 399 g/mol. The molecule has 1 aliphatic rings. The number of hydrogen-bond acceptors (Lipinski definition) is 5. The molecular weight excluding hydrogens is 377 g/mol. The Hall–Kier alpha value is -3.00. The first-order chi connectivity index (χ1) is 13.9. The molecule has 29 heavy (non-hydrogen) atoms. The van der Waals surface area contributed by atoms with E-state index in [9.17, 15) is 14.3 Å². The van der Waals surface area contributed by atoms with Gasteiger partial charge in [-0.3, -0.25) is 0 Å². The number of rotatable bonds is 6. The molecular formula is C21H22FN3O4. The van der Waals surface area contributed by atoms with Gasteiger partial charge >= 0.3 is 5.97 Å². The van der Waals surface area contributed by atoms with Crippen LogP contribution in [0.1, 0.15) is 48.8 Å². The van der Waals surface area contributed by atoms with Gasteiger partial charge in [0.2, 0.25) is 0 Å². The molecule has 0 spiro atoms. The molecule has 0 aliphatic carbocycles. The second-order valence-electron chi connectivity index (χ2n) is 7.38. The maximum atomic E-state index is 13.4. The Bertz CT molecular complexity index is 1040. The van der Waals surface area contributed by atoms with Gasteiger partial charge in [0.05, 0.1) is 22.9 Å². The van der Waals surface area contributed by atoms with Gasteiger partial charge in [0.15, 0.2) is 11.3 Å². The van der Waals surface area contributed by atoms with E-state index in [0.29, 0.717) is 35.7 Å². The third-order valence-electron chi connectivity index (χ3n) is 4.91. The maximum absolute atomic E-state index is 13.4. The summed E-state index contributed by atoms with van der Waals surface area (Å²) in [5.74, 6) is -1.07. The lowest BCUT2D eigenvalue weighted by molar-refractivity contribution is 0.0673. The molecule has 3 aromatic rings. The normalized spacial score (nSPS) is 16.6. The van der Waals surface area contributed by atoms with E-state index in [1.807, 2.05) is 13.8 Å². The topological polar surface area (TPSA) is 86.5 Å². The fourth-order valence-corrected chi connectivity index (χ4v) is 3.46. The second-order valence-corrected chi connectivity index (χ2v) is 7.38. The molecule has 0 saturated carbocycles. The SMILES string of the molecule is CC(C)c1nn(-c2ccc(F)cc2)c2nc(C(=O)O)cc(OCC3CCCO3)c12. The summed E-state index contributed by atoms with van der Waals surface area (Å²) in [6.45, 7) is 5.02. The quantitative estimate of drug-likeness (QED) is 0.676. The van der Waals surface area contributed by atoms with Crippen LogP contribution in [0.4, 0.5) is 4.39 Å². The Kier molecular flexibility index (Phi) is 5.19. The number of pyridine rings is 1. The minimum atomic E-state index is -1.16. The first kappa shape index (κ1) is 19.3. The molecule has 1 aromatic carbocycles. The van der Waals surface area contributed by atoms with Gasteiger partial charge in [-0.05, 0) is 43.0 Å². The summed E-state index contributed by atoms with van der Waals surface area (Å²) in [5.41, 5.74) is 1.54. The highest BCUT2D eigenvalue weighted by Gasteiger charge is 2.24. The van der Waals surface area contributed by atoms with Crippen LogP contribution >= 0.6 is 0 Å². The molecule has 1 N–H and O–H groups in total. The van der Waals surface area contributed by atoms with Crippen LogP contribution in [0.15, 0.2) is 30.3 Å². The average molecular weight is 399 g/mol. The number of aromatic carboxylic acids is 1. The zero-order valence-electron chi connectivity index (χ0n) is 16.3. The Balaban J connectivity index is 1.88. The van der Waals surface area contributed by atoms with Crippen molar-refractivity contribution in [2.45, 2.75) is 38.7 Å². The van der Waals surface area contributed by atoms with Crippen LogP contribution in [0.3, 0.4) is 0 Å². The lowest BCUT2D eigenvalue weighted by Gasteiger charge is -2.13. The van der Waals surface area contributed by atoms with E-state index >= 15 is 0 Å². The predicted octanol–water partition coefficient (Wildman–Crippen LogP) is 3.94. The molecule has 1 atom stereocenters. The molecule has 2 aromatic heterocycles. The molecule has 0 bridgehead atoms. The lowest BCUT2D eigenvalue weighted by atomic mass is 10.1. The molecule has 1 fully saturated rings. The van der Waals surface area contributed by atoms with Gasteiger partial charge in [-0.2, -0.15) is 5.10 Å². The fraction of sp³-hybridized carbons (Fsp3) is 0.381. The molecule has 1 aliphatic heterocycles. The number of benzene rings is 1. The van der Waals surface area contributed by atoms with Crippen molar-refractivity contribution in [3.8, 4) is 11.4 Å². The smallest absolute Gasteiger partial charge is 0.354 e. The van der Waals surface area contributed by atoms with Crippen LogP contribution in [-0.4, -0.2) is 45.2 Å². The van der Waals surface area contributed by atoms with E-state index in [0.717, 1.165) is 18.5 Å². The van der Waals surface area contributed by atoms with E-state index in [2.05, 4.69) is 10.1 Å². The number of carbonyl (C=O) groups is 1. The molecule has 1 unspecified atom stereocenters. The molecule has 8 heteroatoms. The van der Waals surface area contributed by atoms with Crippen LogP contribution in [0, 0.1) is 5.82 Å². The Morgan fingerprint density at radius 3 is 2.76 bits per heavy atom. The Labute approximate surface area is 167 Å². The van der Waals surface area contributed by atoms with Crippen LogP contribution in [0.25, 0.3) is 16.7 Å². The van der Waals surface area contributed by atoms with Crippen molar-refractivity contribution in [3.63, 3.8) is 0 Å². The number of carboxylic acids is 1. The third-order valence-corrected chi connectivity index (χ3v) is 4.91. The lowest BCUT2D eigenvalue weighted by Crippen LogP contribution is -2.17. The molecule has 4 rings (SSSR count). The summed E-state index contributed by atoms with van der Waals surface area (Å²) in [7, 11) is 0. The van der Waals surface area contributed by atoms with Crippen molar-refractivity contribution in [1.29, 1.82) is 0 Å². The Morgan fingerprint density at radius 1 is 1.38 bits per heavy atom. The molecule has 7 nitrogen and oxygen atoms in total. The number of carboxylic acid groups (broad SMARTS) is 1. The first-order valence-electron chi connectivity index (χ1n) is 9.61. The molecule has 0 amide bonds. The fourth-order valence-electron chi connectivity index (χ4n) is 3.46.